The fourth-order valence-corrected chi connectivity index (χ4v) is 6.49. The van der Waals surface area contributed by atoms with Crippen molar-refractivity contribution in [3.63, 3.8) is 0 Å². The van der Waals surface area contributed by atoms with Crippen LogP contribution in [0.4, 0.5) is 0 Å². The Balaban J connectivity index is 1.62. The fourth-order valence-electron chi connectivity index (χ4n) is 5.05. The van der Waals surface area contributed by atoms with Crippen molar-refractivity contribution in [2.24, 2.45) is 11.5 Å². The lowest BCUT2D eigenvalue weighted by Crippen LogP contribution is -2.54. The smallest absolute Gasteiger partial charge is 0.328 e. The number of ether oxygens (including phenoxy) is 1. The van der Waals surface area contributed by atoms with Crippen LogP contribution in [0.2, 0.25) is 5.02 Å². The summed E-state index contributed by atoms with van der Waals surface area (Å²) >= 11 is 6.17. The first-order chi connectivity index (χ1) is 20.8. The highest BCUT2D eigenvalue weighted by Gasteiger charge is 2.37. The van der Waals surface area contributed by atoms with Gasteiger partial charge in [0, 0.05) is 18.1 Å². The summed E-state index contributed by atoms with van der Waals surface area (Å²) in [5, 5.41) is 9.57. The van der Waals surface area contributed by atoms with Crippen molar-refractivity contribution >= 4 is 56.1 Å². The number of hydrogen-bond acceptors (Lipinski definition) is 7. The number of amides is 2. The first-order valence-electron chi connectivity index (χ1n) is 14.0. The number of hydrogen-bond donors (Lipinski definition) is 4. The fraction of sp³-hybridized carbons (Fsp3) is 0.333. The normalized spacial score (nSPS) is 16.6. The number of piperidine rings is 1. The van der Waals surface area contributed by atoms with Crippen molar-refractivity contribution in [1.82, 2.24) is 14.5 Å². The molecule has 1 saturated heterocycles. The average molecular weight is 643 g/mol. The number of carbonyl (C=O) groups excluding carboxylic acids is 3. The molecule has 0 bridgehead atoms. The minimum atomic E-state index is -4.32. The molecule has 2 amide bonds. The van der Waals surface area contributed by atoms with Crippen LogP contribution in [0, 0.1) is 5.41 Å². The van der Waals surface area contributed by atoms with Crippen molar-refractivity contribution < 1.29 is 27.5 Å². The Hall–Kier alpha value is -4.20. The number of fused-ring (bicyclic) bond motifs is 1. The first-order valence-corrected chi connectivity index (χ1v) is 15.8. The average Bonchev–Trinajstić information content (AvgIpc) is 2.98. The molecule has 1 unspecified atom stereocenters. The van der Waals surface area contributed by atoms with E-state index < -0.39 is 52.4 Å². The van der Waals surface area contributed by atoms with Gasteiger partial charge in [-0.1, -0.05) is 54.1 Å². The second-order valence-electron chi connectivity index (χ2n) is 10.7. The first kappa shape index (κ1) is 32.7. The van der Waals surface area contributed by atoms with Crippen LogP contribution >= 0.6 is 11.6 Å². The Morgan fingerprint density at radius 2 is 1.82 bits per heavy atom. The van der Waals surface area contributed by atoms with Crippen LogP contribution in [0.3, 0.4) is 0 Å². The lowest BCUT2D eigenvalue weighted by atomic mass is 10.1. The molecule has 4 rings (SSSR count). The molecule has 6 N–H and O–H groups in total. The predicted octanol–water partition coefficient (Wildman–Crippen LogP) is 2.33. The molecule has 1 heterocycles. The highest BCUT2D eigenvalue weighted by atomic mass is 35.5. The quantitative estimate of drug-likeness (QED) is 0.139. The number of rotatable bonds is 11. The lowest BCUT2D eigenvalue weighted by molar-refractivity contribution is -0.161. The number of carbonyl (C=O) groups is 3. The molecule has 3 atom stereocenters. The van der Waals surface area contributed by atoms with Gasteiger partial charge in [0.1, 0.15) is 18.2 Å². The van der Waals surface area contributed by atoms with E-state index in [1.54, 1.807) is 47.4 Å². The van der Waals surface area contributed by atoms with Crippen molar-refractivity contribution in [3.05, 3.63) is 77.3 Å². The van der Waals surface area contributed by atoms with E-state index in [9.17, 15) is 22.8 Å². The number of primary amides is 1. The van der Waals surface area contributed by atoms with Gasteiger partial charge in [-0.05, 0) is 60.4 Å². The van der Waals surface area contributed by atoms with E-state index >= 15 is 0 Å². The summed E-state index contributed by atoms with van der Waals surface area (Å²) < 4.78 is 35.0. The van der Waals surface area contributed by atoms with Crippen molar-refractivity contribution in [1.29, 1.82) is 5.41 Å². The molecular formula is C30H35ClN6O6S. The van der Waals surface area contributed by atoms with Crippen LogP contribution in [0.1, 0.15) is 31.7 Å². The maximum Gasteiger partial charge on any atom is 0.328 e. The second-order valence-corrected chi connectivity index (χ2v) is 12.8. The Morgan fingerprint density at radius 1 is 1.09 bits per heavy atom. The number of nitrogens with zero attached hydrogens (tertiary/aromatic N) is 2. The SMILES string of the molecule is CC(C(=O)O[C@H]1CCCN(C(=N)N)C1)N(Cc1cccc(Cl)c1)C(=O)[C@H](CC(N)=O)NS(=O)(=O)c1ccc2ccccc2c1. The number of guanidine groups is 1. The van der Waals surface area contributed by atoms with Gasteiger partial charge in [0.05, 0.1) is 17.9 Å². The van der Waals surface area contributed by atoms with E-state index in [1.165, 1.54) is 19.1 Å². The van der Waals surface area contributed by atoms with Crippen molar-refractivity contribution in [2.75, 3.05) is 13.1 Å². The molecule has 14 heteroatoms. The molecule has 0 radical (unpaired) electrons. The molecule has 0 saturated carbocycles. The number of nitrogens with two attached hydrogens (primary N) is 2. The zero-order valence-corrected chi connectivity index (χ0v) is 25.7. The molecule has 1 aliphatic rings. The largest absolute Gasteiger partial charge is 0.459 e. The second kappa shape index (κ2) is 14.1. The maximum atomic E-state index is 14.1. The third-order valence-electron chi connectivity index (χ3n) is 7.37. The van der Waals surface area contributed by atoms with Crippen molar-refractivity contribution in [3.8, 4) is 0 Å². The molecule has 12 nitrogen and oxygen atoms in total. The van der Waals surface area contributed by atoms with Gasteiger partial charge in [0.25, 0.3) is 0 Å². The highest BCUT2D eigenvalue weighted by molar-refractivity contribution is 7.89. The number of halogens is 1. The van der Waals surface area contributed by atoms with E-state index in [0.29, 0.717) is 35.4 Å². The van der Waals surface area contributed by atoms with Gasteiger partial charge in [-0.15, -0.1) is 0 Å². The van der Waals surface area contributed by atoms with Gasteiger partial charge in [0.2, 0.25) is 21.8 Å². The van der Waals surface area contributed by atoms with Crippen LogP contribution in [-0.2, 0) is 35.7 Å². The summed E-state index contributed by atoms with van der Waals surface area (Å²) in [4.78, 5) is 42.1. The monoisotopic (exact) mass is 642 g/mol. The molecule has 0 aromatic heterocycles. The van der Waals surface area contributed by atoms with Crippen LogP contribution in [0.25, 0.3) is 10.8 Å². The van der Waals surface area contributed by atoms with Gasteiger partial charge >= 0.3 is 5.97 Å². The summed E-state index contributed by atoms with van der Waals surface area (Å²) in [6, 6.07) is 15.5. The van der Waals surface area contributed by atoms with Crippen LogP contribution in [-0.4, -0.2) is 73.2 Å². The van der Waals surface area contributed by atoms with Gasteiger partial charge in [-0.3, -0.25) is 15.0 Å². The van der Waals surface area contributed by atoms with Crippen LogP contribution in [0.5, 0.6) is 0 Å². The van der Waals surface area contributed by atoms with E-state index in [4.69, 9.17) is 33.2 Å². The Kier molecular flexibility index (Phi) is 10.4. The van der Waals surface area contributed by atoms with E-state index in [1.807, 2.05) is 12.1 Å². The summed E-state index contributed by atoms with van der Waals surface area (Å²) in [6.45, 7) is 2.10. The number of likely N-dealkylation sites (tertiary alicyclic amines) is 1. The molecule has 0 spiro atoms. The van der Waals surface area contributed by atoms with Gasteiger partial charge in [-0.25, -0.2) is 13.2 Å². The number of sulfonamides is 1. The highest BCUT2D eigenvalue weighted by Crippen LogP contribution is 2.22. The molecule has 234 valence electrons. The molecule has 1 fully saturated rings. The Morgan fingerprint density at radius 3 is 2.50 bits per heavy atom. The van der Waals surface area contributed by atoms with Gasteiger partial charge < -0.3 is 26.0 Å². The number of benzene rings is 3. The molecule has 3 aromatic rings. The summed E-state index contributed by atoms with van der Waals surface area (Å²) in [5.41, 5.74) is 11.6. The molecule has 1 aliphatic heterocycles. The molecule has 44 heavy (non-hydrogen) atoms. The zero-order chi connectivity index (χ0) is 32.0. The van der Waals surface area contributed by atoms with E-state index in [2.05, 4.69) is 4.72 Å². The van der Waals surface area contributed by atoms with Gasteiger partial charge in [-0.2, -0.15) is 4.72 Å². The van der Waals surface area contributed by atoms with Crippen molar-refractivity contribution in [2.45, 2.75) is 55.8 Å². The zero-order valence-electron chi connectivity index (χ0n) is 24.1. The van der Waals surface area contributed by atoms with E-state index in [-0.39, 0.29) is 23.9 Å². The maximum absolute atomic E-state index is 14.1. The third-order valence-corrected chi connectivity index (χ3v) is 9.07. The number of nitrogens with one attached hydrogen (secondary N) is 2. The number of esters is 1. The lowest BCUT2D eigenvalue weighted by Gasteiger charge is -2.35. The molecular weight excluding hydrogens is 608 g/mol. The predicted molar refractivity (Wildman–Crippen MR) is 166 cm³/mol. The minimum Gasteiger partial charge on any atom is -0.459 e. The van der Waals surface area contributed by atoms with Gasteiger partial charge in [0.15, 0.2) is 5.96 Å². The Labute approximate surface area is 260 Å². The summed E-state index contributed by atoms with van der Waals surface area (Å²) in [5.74, 6) is -2.66. The minimum absolute atomic E-state index is 0.111. The van der Waals surface area contributed by atoms with E-state index in [0.717, 1.165) is 10.3 Å². The third kappa shape index (κ3) is 8.24. The summed E-state index contributed by atoms with van der Waals surface area (Å²) in [7, 11) is -4.32. The molecule has 0 aliphatic carbocycles. The summed E-state index contributed by atoms with van der Waals surface area (Å²) in [6.07, 6.45) is -0.0388. The van der Waals surface area contributed by atoms with Crippen LogP contribution in [0.15, 0.2) is 71.6 Å². The Bertz CT molecular complexity index is 1670. The molecule has 3 aromatic carbocycles. The van der Waals surface area contributed by atoms with Crippen LogP contribution < -0.4 is 16.2 Å². The standard InChI is InChI=1S/C30H35ClN6O6S/c1-19(29(40)43-24-10-5-13-36(18-24)30(33)34)37(17-20-6-4-9-23(31)14-20)28(39)26(16-27(32)38)35-44(41,42)25-12-11-21-7-2-3-8-22(21)15-25/h2-4,6-9,11-12,14-15,19,24,26,35H,5,10,13,16-18H2,1H3,(H2,32,38)(H3,33,34)/t19?,24-,26-/m0/s1. The topological polar surface area (TPSA) is 189 Å².